The molecule has 1 heterocycles. The third kappa shape index (κ3) is 7.42. The molecular formula is C18H32IN3O2. The van der Waals surface area contributed by atoms with Gasteiger partial charge in [0.25, 0.3) is 0 Å². The van der Waals surface area contributed by atoms with Crippen LogP contribution in [0.4, 0.5) is 0 Å². The molecule has 0 spiro atoms. The molecule has 0 aromatic carbocycles. The molecule has 0 amide bonds. The van der Waals surface area contributed by atoms with E-state index < -0.39 is 0 Å². The van der Waals surface area contributed by atoms with Gasteiger partial charge in [0.05, 0.1) is 12.4 Å². The topological polar surface area (TPSA) is 58.8 Å². The first-order valence-electron chi connectivity index (χ1n) is 8.99. The van der Waals surface area contributed by atoms with Gasteiger partial charge < -0.3 is 19.8 Å². The molecule has 24 heavy (non-hydrogen) atoms. The zero-order chi connectivity index (χ0) is 16.3. The number of rotatable bonds is 9. The van der Waals surface area contributed by atoms with Crippen LogP contribution < -0.4 is 10.6 Å². The van der Waals surface area contributed by atoms with Crippen LogP contribution in [-0.2, 0) is 11.3 Å². The maximum absolute atomic E-state index is 5.97. The van der Waals surface area contributed by atoms with Gasteiger partial charge in [-0.1, -0.05) is 12.8 Å². The van der Waals surface area contributed by atoms with Gasteiger partial charge in [-0.15, -0.1) is 24.0 Å². The average molecular weight is 449 g/mol. The van der Waals surface area contributed by atoms with Gasteiger partial charge in [-0.2, -0.15) is 0 Å². The summed E-state index contributed by atoms with van der Waals surface area (Å²) in [4.78, 5) is 4.56. The predicted octanol–water partition coefficient (Wildman–Crippen LogP) is 3.94. The number of hydrogen-bond donors (Lipinski definition) is 2. The Labute approximate surface area is 163 Å². The molecule has 5 nitrogen and oxygen atoms in total. The lowest BCUT2D eigenvalue weighted by atomic mass is 9.98. The zero-order valence-electron chi connectivity index (χ0n) is 14.9. The van der Waals surface area contributed by atoms with Crippen LogP contribution in [0.15, 0.2) is 27.8 Å². The van der Waals surface area contributed by atoms with Crippen LogP contribution in [0.3, 0.4) is 0 Å². The van der Waals surface area contributed by atoms with Gasteiger partial charge in [0, 0.05) is 19.7 Å². The number of halogens is 1. The van der Waals surface area contributed by atoms with Crippen LogP contribution >= 0.6 is 24.0 Å². The summed E-state index contributed by atoms with van der Waals surface area (Å²) in [5.74, 6) is 2.45. The number of guanidine groups is 1. The Bertz CT molecular complexity index is 445. The van der Waals surface area contributed by atoms with Crippen molar-refractivity contribution in [3.63, 3.8) is 0 Å². The highest BCUT2D eigenvalue weighted by atomic mass is 127. The van der Waals surface area contributed by atoms with E-state index in [4.69, 9.17) is 9.15 Å². The number of nitrogens with zero attached hydrogens (tertiary/aromatic N) is 1. The van der Waals surface area contributed by atoms with E-state index in [1.165, 1.54) is 25.7 Å². The van der Waals surface area contributed by atoms with Crippen LogP contribution in [-0.4, -0.2) is 31.8 Å². The summed E-state index contributed by atoms with van der Waals surface area (Å²) in [6.07, 6.45) is 8.43. The van der Waals surface area contributed by atoms with Crippen molar-refractivity contribution in [3.8, 4) is 0 Å². The van der Waals surface area contributed by atoms with E-state index in [1.807, 2.05) is 12.1 Å². The lowest BCUT2D eigenvalue weighted by Crippen LogP contribution is -2.39. The molecule has 1 aliphatic rings. The molecule has 1 atom stereocenters. The van der Waals surface area contributed by atoms with Crippen molar-refractivity contribution in [2.24, 2.45) is 10.9 Å². The Hall–Kier alpha value is -0.760. The van der Waals surface area contributed by atoms with E-state index >= 15 is 0 Å². The molecule has 138 valence electrons. The molecule has 1 fully saturated rings. The maximum atomic E-state index is 5.97. The standard InChI is InChI=1S/C18H31N3O2.HI/c1-3-19-18(21-14-16-10-7-13-23-16)20-12-11-17(22-4-2)15-8-5-6-9-15;/h7,10,13,15,17H,3-6,8-9,11-12,14H2,1-2H3,(H2,19,20,21);1H. The van der Waals surface area contributed by atoms with Crippen molar-refractivity contribution < 1.29 is 9.15 Å². The van der Waals surface area contributed by atoms with E-state index in [-0.39, 0.29) is 24.0 Å². The first kappa shape index (κ1) is 21.3. The van der Waals surface area contributed by atoms with E-state index in [1.54, 1.807) is 6.26 Å². The van der Waals surface area contributed by atoms with Crippen molar-refractivity contribution in [1.29, 1.82) is 0 Å². The average Bonchev–Trinajstić information content (AvgIpc) is 3.25. The van der Waals surface area contributed by atoms with Crippen molar-refractivity contribution >= 4 is 29.9 Å². The number of aliphatic imine (C=N–C) groups is 1. The Kier molecular flexibility index (Phi) is 11.2. The van der Waals surface area contributed by atoms with E-state index in [2.05, 4.69) is 29.5 Å². The fourth-order valence-corrected chi connectivity index (χ4v) is 3.23. The molecule has 1 aliphatic carbocycles. The SMILES string of the molecule is CCNC(=NCc1ccco1)NCCC(OCC)C1CCCC1.I. The van der Waals surface area contributed by atoms with Gasteiger partial charge in [0.2, 0.25) is 0 Å². The summed E-state index contributed by atoms with van der Waals surface area (Å²) >= 11 is 0. The second kappa shape index (κ2) is 12.6. The summed E-state index contributed by atoms with van der Waals surface area (Å²) in [6.45, 7) is 7.25. The monoisotopic (exact) mass is 449 g/mol. The molecule has 1 aromatic heterocycles. The third-order valence-corrected chi connectivity index (χ3v) is 4.34. The summed E-state index contributed by atoms with van der Waals surface area (Å²) < 4.78 is 11.3. The van der Waals surface area contributed by atoms with Crippen LogP contribution in [0.1, 0.15) is 51.7 Å². The number of nitrogens with one attached hydrogen (secondary N) is 2. The summed E-state index contributed by atoms with van der Waals surface area (Å²) in [5, 5.41) is 6.69. The van der Waals surface area contributed by atoms with Crippen molar-refractivity contribution in [2.45, 2.75) is 58.6 Å². The van der Waals surface area contributed by atoms with Crippen molar-refractivity contribution in [3.05, 3.63) is 24.2 Å². The molecule has 0 radical (unpaired) electrons. The molecule has 0 bridgehead atoms. The molecule has 2 N–H and O–H groups in total. The maximum Gasteiger partial charge on any atom is 0.191 e. The first-order valence-corrected chi connectivity index (χ1v) is 8.99. The zero-order valence-corrected chi connectivity index (χ0v) is 17.3. The lowest BCUT2D eigenvalue weighted by Gasteiger charge is -2.24. The smallest absolute Gasteiger partial charge is 0.191 e. The summed E-state index contributed by atoms with van der Waals surface area (Å²) in [7, 11) is 0. The van der Waals surface area contributed by atoms with E-state index in [0.717, 1.165) is 43.8 Å². The second-order valence-corrected chi connectivity index (χ2v) is 6.03. The molecule has 0 aliphatic heterocycles. The highest BCUT2D eigenvalue weighted by Crippen LogP contribution is 2.30. The third-order valence-electron chi connectivity index (χ3n) is 4.34. The normalized spacial score (nSPS) is 16.7. The lowest BCUT2D eigenvalue weighted by molar-refractivity contribution is 0.0169. The minimum absolute atomic E-state index is 0. The van der Waals surface area contributed by atoms with Gasteiger partial charge >= 0.3 is 0 Å². The predicted molar refractivity (Wildman–Crippen MR) is 109 cm³/mol. The Morgan fingerprint density at radius 3 is 2.75 bits per heavy atom. The van der Waals surface area contributed by atoms with Crippen LogP contribution in [0.5, 0.6) is 0 Å². The number of furan rings is 1. The Morgan fingerprint density at radius 2 is 2.12 bits per heavy atom. The quantitative estimate of drug-likeness (QED) is 0.341. The molecule has 0 saturated heterocycles. The van der Waals surface area contributed by atoms with E-state index in [9.17, 15) is 0 Å². The molecular weight excluding hydrogens is 417 g/mol. The highest BCUT2D eigenvalue weighted by Gasteiger charge is 2.25. The van der Waals surface area contributed by atoms with Gasteiger partial charge in [-0.05, 0) is 51.2 Å². The minimum atomic E-state index is 0. The van der Waals surface area contributed by atoms with Crippen LogP contribution in [0.25, 0.3) is 0 Å². The van der Waals surface area contributed by atoms with Crippen molar-refractivity contribution in [2.75, 3.05) is 19.7 Å². The molecule has 2 rings (SSSR count). The first-order chi connectivity index (χ1) is 11.3. The fraction of sp³-hybridized carbons (Fsp3) is 0.722. The van der Waals surface area contributed by atoms with Gasteiger partial charge in [0.15, 0.2) is 5.96 Å². The molecule has 6 heteroatoms. The largest absolute Gasteiger partial charge is 0.467 e. The summed E-state index contributed by atoms with van der Waals surface area (Å²) in [6, 6.07) is 3.83. The van der Waals surface area contributed by atoms with Crippen LogP contribution in [0, 0.1) is 5.92 Å². The van der Waals surface area contributed by atoms with Crippen LogP contribution in [0.2, 0.25) is 0 Å². The fourth-order valence-electron chi connectivity index (χ4n) is 3.23. The molecule has 1 unspecified atom stereocenters. The Morgan fingerprint density at radius 1 is 1.33 bits per heavy atom. The summed E-state index contributed by atoms with van der Waals surface area (Å²) in [5.41, 5.74) is 0. The van der Waals surface area contributed by atoms with Gasteiger partial charge in [-0.25, -0.2) is 4.99 Å². The molecule has 1 aromatic rings. The minimum Gasteiger partial charge on any atom is -0.467 e. The van der Waals surface area contributed by atoms with E-state index in [0.29, 0.717) is 12.6 Å². The van der Waals surface area contributed by atoms with Gasteiger partial charge in [-0.3, -0.25) is 0 Å². The number of hydrogen-bond acceptors (Lipinski definition) is 3. The highest BCUT2D eigenvalue weighted by molar-refractivity contribution is 14.0. The molecule has 1 saturated carbocycles. The second-order valence-electron chi connectivity index (χ2n) is 6.03. The van der Waals surface area contributed by atoms with Gasteiger partial charge in [0.1, 0.15) is 12.3 Å². The van der Waals surface area contributed by atoms with Crippen molar-refractivity contribution in [1.82, 2.24) is 10.6 Å². The number of ether oxygens (including phenoxy) is 1. The Balaban J connectivity index is 0.00000288.